The molecule has 0 N–H and O–H groups in total. The number of thioether (sulfide) groups is 1. The maximum absolute atomic E-state index is 5.45. The molecule has 1 aliphatic rings. The van der Waals surface area contributed by atoms with E-state index in [1.165, 1.54) is 8.66 Å². The number of rotatable bonds is 6. The first kappa shape index (κ1) is 17.3. The van der Waals surface area contributed by atoms with Gasteiger partial charge in [-0.05, 0) is 34.0 Å². The number of hydrogen-bond donors (Lipinski definition) is 0. The van der Waals surface area contributed by atoms with Gasteiger partial charge in [0.2, 0.25) is 5.95 Å². The van der Waals surface area contributed by atoms with Crippen LogP contribution in [0.2, 0.25) is 0 Å². The summed E-state index contributed by atoms with van der Waals surface area (Å²) in [6.07, 6.45) is 0. The van der Waals surface area contributed by atoms with Crippen molar-refractivity contribution in [1.82, 2.24) is 14.8 Å². The van der Waals surface area contributed by atoms with Gasteiger partial charge in [-0.15, -0.1) is 21.5 Å². The minimum atomic E-state index is 0.557. The largest absolute Gasteiger partial charge is 0.378 e. The normalized spacial score (nSPS) is 15.6. The third-order valence-electron chi connectivity index (χ3n) is 3.51. The molecule has 0 atom stereocenters. The summed E-state index contributed by atoms with van der Waals surface area (Å²) in [6, 6.07) is 4.26. The Hall–Kier alpha value is -0.570. The van der Waals surface area contributed by atoms with Crippen LogP contribution in [0.25, 0.3) is 0 Å². The standard InChI is InChI=1S/C15H21BrN4OS2/c1-11(2)9-20-14(19-5-7-21-8-6-19)17-18-15(20)22-10-12-3-4-13(16)23-12/h3-4,11H,5-10H2,1-2H3. The number of hydrogen-bond acceptors (Lipinski definition) is 6. The Kier molecular flexibility index (Phi) is 6.01. The Morgan fingerprint density at radius 3 is 2.74 bits per heavy atom. The number of thiophene rings is 1. The lowest BCUT2D eigenvalue weighted by Gasteiger charge is -2.28. The monoisotopic (exact) mass is 416 g/mol. The van der Waals surface area contributed by atoms with Crippen molar-refractivity contribution in [1.29, 1.82) is 0 Å². The summed E-state index contributed by atoms with van der Waals surface area (Å²) in [5, 5.41) is 9.92. The Labute approximate surface area is 153 Å². The Morgan fingerprint density at radius 2 is 2.09 bits per heavy atom. The molecular weight excluding hydrogens is 396 g/mol. The number of aromatic nitrogens is 3. The minimum absolute atomic E-state index is 0.557. The van der Waals surface area contributed by atoms with Crippen molar-refractivity contribution in [3.05, 3.63) is 20.8 Å². The molecule has 1 fully saturated rings. The molecule has 8 heteroatoms. The van der Waals surface area contributed by atoms with E-state index in [0.29, 0.717) is 5.92 Å². The van der Waals surface area contributed by atoms with Crippen LogP contribution in [0.5, 0.6) is 0 Å². The summed E-state index contributed by atoms with van der Waals surface area (Å²) < 4.78 is 8.89. The highest BCUT2D eigenvalue weighted by molar-refractivity contribution is 9.11. The minimum Gasteiger partial charge on any atom is -0.378 e. The molecule has 1 aliphatic heterocycles. The van der Waals surface area contributed by atoms with Gasteiger partial charge in [0.1, 0.15) is 0 Å². The van der Waals surface area contributed by atoms with Crippen molar-refractivity contribution in [3.63, 3.8) is 0 Å². The highest BCUT2D eigenvalue weighted by atomic mass is 79.9. The molecular formula is C15H21BrN4OS2. The van der Waals surface area contributed by atoms with E-state index in [1.807, 2.05) is 0 Å². The van der Waals surface area contributed by atoms with Crippen LogP contribution in [0.3, 0.4) is 0 Å². The number of morpholine rings is 1. The van der Waals surface area contributed by atoms with Gasteiger partial charge < -0.3 is 9.64 Å². The zero-order valence-corrected chi connectivity index (χ0v) is 16.6. The molecule has 0 amide bonds. The Balaban J connectivity index is 1.76. The summed E-state index contributed by atoms with van der Waals surface area (Å²) in [5.74, 6) is 2.47. The lowest BCUT2D eigenvalue weighted by molar-refractivity contribution is 0.121. The van der Waals surface area contributed by atoms with Crippen LogP contribution in [0.15, 0.2) is 21.1 Å². The molecule has 2 aromatic heterocycles. The van der Waals surface area contributed by atoms with Crippen molar-refractivity contribution >= 4 is 45.0 Å². The van der Waals surface area contributed by atoms with Gasteiger partial charge in [-0.25, -0.2) is 0 Å². The first-order valence-electron chi connectivity index (χ1n) is 7.76. The average molecular weight is 417 g/mol. The number of anilines is 1. The molecule has 1 saturated heterocycles. The molecule has 0 aromatic carbocycles. The van der Waals surface area contributed by atoms with Gasteiger partial charge in [0.25, 0.3) is 0 Å². The summed E-state index contributed by atoms with van der Waals surface area (Å²) in [5.41, 5.74) is 0. The van der Waals surface area contributed by atoms with Gasteiger partial charge in [-0.2, -0.15) is 0 Å². The van der Waals surface area contributed by atoms with Crippen molar-refractivity contribution in [2.75, 3.05) is 31.2 Å². The SMILES string of the molecule is CC(C)Cn1c(SCc2ccc(Br)s2)nnc1N1CCOCC1. The molecule has 3 heterocycles. The highest BCUT2D eigenvalue weighted by Gasteiger charge is 2.21. The van der Waals surface area contributed by atoms with Crippen LogP contribution in [0, 0.1) is 5.92 Å². The number of ether oxygens (including phenoxy) is 1. The van der Waals surface area contributed by atoms with Crippen molar-refractivity contribution in [3.8, 4) is 0 Å². The topological polar surface area (TPSA) is 43.2 Å². The van der Waals surface area contributed by atoms with E-state index in [9.17, 15) is 0 Å². The lowest BCUT2D eigenvalue weighted by Crippen LogP contribution is -2.38. The van der Waals surface area contributed by atoms with Gasteiger partial charge in [0.05, 0.1) is 17.0 Å². The van der Waals surface area contributed by atoms with Crippen molar-refractivity contribution in [2.45, 2.75) is 31.3 Å². The quantitative estimate of drug-likeness (QED) is 0.668. The Morgan fingerprint density at radius 1 is 1.30 bits per heavy atom. The van der Waals surface area contributed by atoms with Gasteiger partial charge in [-0.3, -0.25) is 4.57 Å². The van der Waals surface area contributed by atoms with E-state index in [2.05, 4.69) is 61.6 Å². The lowest BCUT2D eigenvalue weighted by atomic mass is 10.2. The maximum atomic E-state index is 5.45. The predicted molar refractivity (Wildman–Crippen MR) is 99.5 cm³/mol. The molecule has 0 unspecified atom stereocenters. The van der Waals surface area contributed by atoms with Gasteiger partial charge in [0, 0.05) is 30.3 Å². The van der Waals surface area contributed by atoms with Crippen LogP contribution in [-0.4, -0.2) is 41.1 Å². The van der Waals surface area contributed by atoms with Gasteiger partial charge in [-0.1, -0.05) is 25.6 Å². The second kappa shape index (κ2) is 8.00. The molecule has 3 rings (SSSR count). The zero-order chi connectivity index (χ0) is 16.2. The first-order valence-corrected chi connectivity index (χ1v) is 10.4. The smallest absolute Gasteiger partial charge is 0.228 e. The van der Waals surface area contributed by atoms with Crippen LogP contribution in [-0.2, 0) is 17.0 Å². The molecule has 23 heavy (non-hydrogen) atoms. The van der Waals surface area contributed by atoms with Crippen LogP contribution >= 0.6 is 39.0 Å². The van der Waals surface area contributed by atoms with E-state index in [0.717, 1.165) is 49.7 Å². The summed E-state index contributed by atoms with van der Waals surface area (Å²) in [7, 11) is 0. The Bertz CT molecular complexity index is 637. The second-order valence-electron chi connectivity index (χ2n) is 5.88. The average Bonchev–Trinajstić information content (AvgIpc) is 3.12. The van der Waals surface area contributed by atoms with Crippen LogP contribution in [0.1, 0.15) is 18.7 Å². The molecule has 0 saturated carbocycles. The zero-order valence-electron chi connectivity index (χ0n) is 13.4. The third-order valence-corrected chi connectivity index (χ3v) is 6.33. The number of halogens is 1. The highest BCUT2D eigenvalue weighted by Crippen LogP contribution is 2.30. The fourth-order valence-corrected chi connectivity index (χ4v) is 4.94. The van der Waals surface area contributed by atoms with Gasteiger partial charge in [0.15, 0.2) is 5.16 Å². The molecule has 0 spiro atoms. The van der Waals surface area contributed by atoms with E-state index in [4.69, 9.17) is 4.74 Å². The van der Waals surface area contributed by atoms with E-state index in [-0.39, 0.29) is 0 Å². The molecule has 5 nitrogen and oxygen atoms in total. The fourth-order valence-electron chi connectivity index (χ4n) is 2.47. The molecule has 2 aromatic rings. The van der Waals surface area contributed by atoms with Gasteiger partial charge >= 0.3 is 0 Å². The van der Waals surface area contributed by atoms with E-state index >= 15 is 0 Å². The summed E-state index contributed by atoms with van der Waals surface area (Å²) in [6.45, 7) is 8.70. The molecule has 0 aliphatic carbocycles. The number of nitrogens with zero attached hydrogens (tertiary/aromatic N) is 4. The van der Waals surface area contributed by atoms with E-state index in [1.54, 1.807) is 23.1 Å². The first-order chi connectivity index (χ1) is 11.1. The molecule has 0 radical (unpaired) electrons. The molecule has 0 bridgehead atoms. The molecule has 126 valence electrons. The van der Waals surface area contributed by atoms with Crippen LogP contribution < -0.4 is 4.90 Å². The second-order valence-corrected chi connectivity index (χ2v) is 9.37. The van der Waals surface area contributed by atoms with Crippen molar-refractivity contribution < 1.29 is 4.74 Å². The van der Waals surface area contributed by atoms with Crippen LogP contribution in [0.4, 0.5) is 5.95 Å². The predicted octanol–water partition coefficient (Wildman–Crippen LogP) is 3.89. The fraction of sp³-hybridized carbons (Fsp3) is 0.600. The maximum Gasteiger partial charge on any atom is 0.228 e. The summed E-state index contributed by atoms with van der Waals surface area (Å²) in [4.78, 5) is 3.62. The summed E-state index contributed by atoms with van der Waals surface area (Å²) >= 11 is 7.05. The third kappa shape index (κ3) is 4.49. The van der Waals surface area contributed by atoms with Crippen molar-refractivity contribution in [2.24, 2.45) is 5.92 Å². The van der Waals surface area contributed by atoms with E-state index < -0.39 is 0 Å².